The summed E-state index contributed by atoms with van der Waals surface area (Å²) in [5, 5.41) is 3.37. The van der Waals surface area contributed by atoms with Gasteiger partial charge in [-0.3, -0.25) is 0 Å². The molecular formula is C11H14Cl2FNO. The number of ether oxygens (including phenoxy) is 1. The van der Waals surface area contributed by atoms with Crippen LogP contribution in [0.1, 0.15) is 12.8 Å². The number of benzene rings is 1. The molecule has 0 bridgehead atoms. The van der Waals surface area contributed by atoms with E-state index in [4.69, 9.17) is 16.3 Å². The third-order valence-electron chi connectivity index (χ3n) is 2.48. The third kappa shape index (κ3) is 3.51. The molecule has 2 rings (SSSR count). The molecule has 1 N–H and O–H groups in total. The Morgan fingerprint density at radius 2 is 2.00 bits per heavy atom. The van der Waals surface area contributed by atoms with Gasteiger partial charge in [0.1, 0.15) is 17.7 Å². The highest BCUT2D eigenvalue weighted by atomic mass is 35.5. The Kier molecular flexibility index (Phi) is 5.32. The van der Waals surface area contributed by atoms with E-state index >= 15 is 0 Å². The fourth-order valence-electron chi connectivity index (χ4n) is 1.66. The van der Waals surface area contributed by atoms with Crippen molar-refractivity contribution in [1.82, 2.24) is 5.32 Å². The maximum atomic E-state index is 12.9. The Hall–Kier alpha value is -0.510. The van der Waals surface area contributed by atoms with Crippen LogP contribution in [0.3, 0.4) is 0 Å². The number of nitrogens with one attached hydrogen (secondary N) is 1. The van der Waals surface area contributed by atoms with Gasteiger partial charge < -0.3 is 10.1 Å². The molecule has 0 atom stereocenters. The largest absolute Gasteiger partial charge is 0.490 e. The number of hydrogen-bond donors (Lipinski definition) is 1. The van der Waals surface area contributed by atoms with Gasteiger partial charge >= 0.3 is 0 Å². The molecule has 0 unspecified atom stereocenters. The monoisotopic (exact) mass is 265 g/mol. The lowest BCUT2D eigenvalue weighted by Crippen LogP contribution is -2.34. The zero-order valence-corrected chi connectivity index (χ0v) is 10.3. The summed E-state index contributed by atoms with van der Waals surface area (Å²) in [6.07, 6.45) is 2.18. The van der Waals surface area contributed by atoms with Crippen LogP contribution in [0.4, 0.5) is 4.39 Å². The zero-order chi connectivity index (χ0) is 10.7. The summed E-state index contributed by atoms with van der Waals surface area (Å²) >= 11 is 5.66. The van der Waals surface area contributed by atoms with Crippen molar-refractivity contribution in [3.05, 3.63) is 29.0 Å². The van der Waals surface area contributed by atoms with Gasteiger partial charge in [-0.05, 0) is 38.1 Å². The number of hydrogen-bond acceptors (Lipinski definition) is 2. The van der Waals surface area contributed by atoms with Gasteiger partial charge in [0.15, 0.2) is 0 Å². The lowest BCUT2D eigenvalue weighted by atomic mass is 10.1. The minimum Gasteiger partial charge on any atom is -0.490 e. The van der Waals surface area contributed by atoms with E-state index in [0.717, 1.165) is 25.9 Å². The van der Waals surface area contributed by atoms with E-state index in [2.05, 4.69) is 5.32 Å². The van der Waals surface area contributed by atoms with Crippen LogP contribution in [-0.4, -0.2) is 19.2 Å². The second kappa shape index (κ2) is 6.28. The summed E-state index contributed by atoms with van der Waals surface area (Å²) in [6.45, 7) is 1.94. The van der Waals surface area contributed by atoms with Gasteiger partial charge in [-0.2, -0.15) is 0 Å². The molecule has 0 aliphatic carbocycles. The lowest BCUT2D eigenvalue weighted by Gasteiger charge is -2.23. The Balaban J connectivity index is 0.00000128. The Bertz CT molecular complexity index is 343. The minimum atomic E-state index is -0.408. The molecule has 1 aliphatic rings. The fourth-order valence-corrected chi connectivity index (χ4v) is 1.83. The molecule has 1 heterocycles. The summed E-state index contributed by atoms with van der Waals surface area (Å²) in [7, 11) is 0. The van der Waals surface area contributed by atoms with Gasteiger partial charge in [0.05, 0.1) is 5.02 Å². The van der Waals surface area contributed by atoms with Crippen LogP contribution in [0.2, 0.25) is 5.02 Å². The van der Waals surface area contributed by atoms with Crippen molar-refractivity contribution >= 4 is 24.0 Å². The van der Waals surface area contributed by atoms with Crippen LogP contribution in [-0.2, 0) is 0 Å². The first-order valence-corrected chi connectivity index (χ1v) is 5.46. The first kappa shape index (κ1) is 13.6. The van der Waals surface area contributed by atoms with Gasteiger partial charge in [-0.15, -0.1) is 12.4 Å². The molecule has 0 spiro atoms. The molecular weight excluding hydrogens is 252 g/mol. The molecule has 0 aromatic heterocycles. The number of rotatable bonds is 2. The molecule has 1 aromatic rings. The van der Waals surface area contributed by atoms with Crippen LogP contribution in [0, 0.1) is 5.82 Å². The Morgan fingerprint density at radius 1 is 1.31 bits per heavy atom. The molecule has 1 fully saturated rings. The predicted molar refractivity (Wildman–Crippen MR) is 65.2 cm³/mol. The van der Waals surface area contributed by atoms with E-state index in [0.29, 0.717) is 5.75 Å². The van der Waals surface area contributed by atoms with E-state index in [-0.39, 0.29) is 23.5 Å². The lowest BCUT2D eigenvalue weighted by molar-refractivity contribution is 0.162. The molecule has 1 aromatic carbocycles. The predicted octanol–water partition coefficient (Wildman–Crippen LogP) is 3.03. The van der Waals surface area contributed by atoms with Gasteiger partial charge in [0.25, 0.3) is 0 Å². The first-order chi connectivity index (χ1) is 7.25. The van der Waals surface area contributed by atoms with Crippen molar-refractivity contribution in [2.75, 3.05) is 13.1 Å². The molecule has 2 nitrogen and oxygen atoms in total. The Morgan fingerprint density at radius 3 is 2.62 bits per heavy atom. The van der Waals surface area contributed by atoms with Crippen LogP contribution in [0.5, 0.6) is 5.75 Å². The topological polar surface area (TPSA) is 21.3 Å². The smallest absolute Gasteiger partial charge is 0.142 e. The molecule has 90 valence electrons. The highest BCUT2D eigenvalue weighted by Gasteiger charge is 2.14. The van der Waals surface area contributed by atoms with Gasteiger partial charge in [0.2, 0.25) is 0 Å². The zero-order valence-electron chi connectivity index (χ0n) is 8.71. The van der Waals surface area contributed by atoms with Gasteiger partial charge in [-0.1, -0.05) is 11.6 Å². The minimum absolute atomic E-state index is 0. The molecule has 0 amide bonds. The fraction of sp³-hybridized carbons (Fsp3) is 0.455. The third-order valence-corrected chi connectivity index (χ3v) is 2.77. The first-order valence-electron chi connectivity index (χ1n) is 5.08. The maximum Gasteiger partial charge on any atom is 0.142 e. The average Bonchev–Trinajstić information content (AvgIpc) is 2.25. The second-order valence-corrected chi connectivity index (χ2v) is 4.05. The van der Waals surface area contributed by atoms with Crippen LogP contribution >= 0.6 is 24.0 Å². The molecule has 0 radical (unpaired) electrons. The summed E-state index contributed by atoms with van der Waals surface area (Å²) in [4.78, 5) is 0. The van der Waals surface area contributed by atoms with E-state index in [9.17, 15) is 4.39 Å². The van der Waals surface area contributed by atoms with Crippen LogP contribution in [0.25, 0.3) is 0 Å². The van der Waals surface area contributed by atoms with Crippen molar-refractivity contribution in [1.29, 1.82) is 0 Å². The van der Waals surface area contributed by atoms with Crippen molar-refractivity contribution in [2.24, 2.45) is 0 Å². The maximum absolute atomic E-state index is 12.9. The van der Waals surface area contributed by atoms with Crippen LogP contribution in [0.15, 0.2) is 18.2 Å². The van der Waals surface area contributed by atoms with Gasteiger partial charge in [-0.25, -0.2) is 4.39 Å². The molecule has 0 saturated carbocycles. The highest BCUT2D eigenvalue weighted by molar-refractivity contribution is 6.30. The summed E-state index contributed by atoms with van der Waals surface area (Å²) < 4.78 is 18.6. The van der Waals surface area contributed by atoms with E-state index in [1.807, 2.05) is 0 Å². The van der Waals surface area contributed by atoms with Gasteiger partial charge in [0, 0.05) is 6.07 Å². The normalized spacial score (nSPS) is 16.6. The molecule has 1 aliphatic heterocycles. The molecule has 1 saturated heterocycles. The molecule has 16 heavy (non-hydrogen) atoms. The van der Waals surface area contributed by atoms with Crippen LogP contribution < -0.4 is 10.1 Å². The van der Waals surface area contributed by atoms with E-state index in [1.54, 1.807) is 6.07 Å². The quantitative estimate of drug-likeness (QED) is 0.888. The molecule has 5 heteroatoms. The second-order valence-electron chi connectivity index (χ2n) is 3.64. The van der Waals surface area contributed by atoms with E-state index < -0.39 is 5.82 Å². The number of piperidine rings is 1. The summed E-state index contributed by atoms with van der Waals surface area (Å²) in [5.74, 6) is 0.239. The van der Waals surface area contributed by atoms with Crippen molar-refractivity contribution in [2.45, 2.75) is 18.9 Å². The van der Waals surface area contributed by atoms with Crippen molar-refractivity contribution in [3.8, 4) is 5.75 Å². The highest BCUT2D eigenvalue weighted by Crippen LogP contribution is 2.23. The Labute approximate surface area is 106 Å². The average molecular weight is 266 g/mol. The summed E-state index contributed by atoms with van der Waals surface area (Å²) in [6, 6.07) is 4.47. The SMILES string of the molecule is Cl.Fc1ccc(OC2CCNCC2)cc1Cl. The number of halogens is 3. The van der Waals surface area contributed by atoms with E-state index in [1.165, 1.54) is 12.1 Å². The summed E-state index contributed by atoms with van der Waals surface area (Å²) in [5.41, 5.74) is 0. The van der Waals surface area contributed by atoms with Crippen molar-refractivity contribution in [3.63, 3.8) is 0 Å². The van der Waals surface area contributed by atoms with Crippen molar-refractivity contribution < 1.29 is 9.13 Å². The standard InChI is InChI=1S/C11H13ClFNO.ClH/c12-10-7-9(1-2-11(10)13)15-8-3-5-14-6-4-8;/h1-2,7-8,14H,3-6H2;1H.